The molecule has 1 aliphatic heterocycles. The summed E-state index contributed by atoms with van der Waals surface area (Å²) >= 11 is 0. The first kappa shape index (κ1) is 20.8. The van der Waals surface area contributed by atoms with Crippen molar-refractivity contribution in [3.05, 3.63) is 24.4 Å². The number of rotatable bonds is 7. The van der Waals surface area contributed by atoms with Crippen LogP contribution in [0.3, 0.4) is 0 Å². The highest BCUT2D eigenvalue weighted by molar-refractivity contribution is 6.05. The zero-order valence-corrected chi connectivity index (χ0v) is 16.8. The average Bonchev–Trinajstić information content (AvgIpc) is 3.24. The van der Waals surface area contributed by atoms with Crippen LogP contribution in [0.2, 0.25) is 0 Å². The molecule has 0 radical (unpaired) electrons. The van der Waals surface area contributed by atoms with Gasteiger partial charge >= 0.3 is 5.97 Å². The largest absolute Gasteiger partial charge is 0.452 e. The third-order valence-electron chi connectivity index (χ3n) is 5.23. The van der Waals surface area contributed by atoms with Crippen LogP contribution in [0.15, 0.2) is 24.4 Å². The van der Waals surface area contributed by atoms with Crippen molar-refractivity contribution < 1.29 is 23.9 Å². The van der Waals surface area contributed by atoms with E-state index in [1.807, 2.05) is 26.0 Å². The minimum absolute atomic E-state index is 0.0298. The first-order chi connectivity index (χ1) is 13.8. The monoisotopic (exact) mass is 402 g/mol. The predicted octanol–water partition coefficient (Wildman–Crippen LogP) is 1.68. The van der Waals surface area contributed by atoms with Gasteiger partial charge < -0.3 is 10.1 Å². The molecule has 0 saturated carbocycles. The molecule has 1 aliphatic carbocycles. The number of esters is 1. The van der Waals surface area contributed by atoms with Crippen molar-refractivity contribution in [2.75, 3.05) is 11.9 Å². The first-order valence-electron chi connectivity index (χ1n) is 9.83. The number of anilines is 1. The Balaban J connectivity index is 1.49. The van der Waals surface area contributed by atoms with E-state index in [-0.39, 0.29) is 42.7 Å². The number of imide groups is 1. The standard InChI is InChI=1S/C20H26N4O5/c1-12(2)24-16(8-10-21-24)22-18(26)13(3)29-17(25)9-11-23-19(27)14-6-4-5-7-15(14)20(23)28/h4-5,8,10,12-15H,6-7,9,11H2,1-3H3,(H,22,26). The van der Waals surface area contributed by atoms with Crippen LogP contribution in [-0.4, -0.2) is 51.0 Å². The third kappa shape index (κ3) is 4.38. The summed E-state index contributed by atoms with van der Waals surface area (Å²) in [6.45, 7) is 5.30. The number of hydrogen-bond acceptors (Lipinski definition) is 6. The summed E-state index contributed by atoms with van der Waals surface area (Å²) < 4.78 is 6.81. The van der Waals surface area contributed by atoms with Crippen LogP contribution in [0.1, 0.15) is 46.1 Å². The minimum atomic E-state index is -1.02. The number of allylic oxidation sites excluding steroid dienone is 2. The SMILES string of the molecule is CC(OC(=O)CCN1C(=O)C2CC=CCC2C1=O)C(=O)Nc1ccnn1C(C)C. The Morgan fingerprint density at radius 1 is 1.17 bits per heavy atom. The second-order valence-electron chi connectivity index (χ2n) is 7.61. The van der Waals surface area contributed by atoms with E-state index in [4.69, 9.17) is 4.74 Å². The zero-order valence-electron chi connectivity index (χ0n) is 16.8. The Hall–Kier alpha value is -2.97. The molecule has 2 aliphatic rings. The van der Waals surface area contributed by atoms with Gasteiger partial charge in [0.25, 0.3) is 5.91 Å². The van der Waals surface area contributed by atoms with Crippen molar-refractivity contribution in [3.8, 4) is 0 Å². The Bertz CT molecular complexity index is 818. The lowest BCUT2D eigenvalue weighted by molar-refractivity contribution is -0.154. The average molecular weight is 402 g/mol. The van der Waals surface area contributed by atoms with Crippen molar-refractivity contribution in [2.24, 2.45) is 11.8 Å². The van der Waals surface area contributed by atoms with Crippen LogP contribution in [-0.2, 0) is 23.9 Å². The number of carbonyl (C=O) groups is 4. The number of ether oxygens (including phenoxy) is 1. The second-order valence-corrected chi connectivity index (χ2v) is 7.61. The molecule has 29 heavy (non-hydrogen) atoms. The van der Waals surface area contributed by atoms with Gasteiger partial charge in [-0.1, -0.05) is 12.2 Å². The molecule has 3 amide bonds. The number of carbonyl (C=O) groups excluding carboxylic acids is 4. The summed E-state index contributed by atoms with van der Waals surface area (Å²) in [5.74, 6) is -1.71. The van der Waals surface area contributed by atoms with Gasteiger partial charge in [-0.25, -0.2) is 4.68 Å². The van der Waals surface area contributed by atoms with Gasteiger partial charge in [0.15, 0.2) is 6.10 Å². The van der Waals surface area contributed by atoms with E-state index >= 15 is 0 Å². The van der Waals surface area contributed by atoms with Crippen LogP contribution in [0.5, 0.6) is 0 Å². The van der Waals surface area contributed by atoms with Gasteiger partial charge in [0.1, 0.15) is 5.82 Å². The topological polar surface area (TPSA) is 111 Å². The van der Waals surface area contributed by atoms with Gasteiger partial charge in [0, 0.05) is 18.7 Å². The van der Waals surface area contributed by atoms with Crippen molar-refractivity contribution in [2.45, 2.75) is 52.2 Å². The van der Waals surface area contributed by atoms with Gasteiger partial charge in [-0.2, -0.15) is 5.10 Å². The molecule has 156 valence electrons. The number of aromatic nitrogens is 2. The zero-order chi connectivity index (χ0) is 21.1. The number of amides is 3. The van der Waals surface area contributed by atoms with E-state index in [9.17, 15) is 19.2 Å². The Morgan fingerprint density at radius 2 is 1.79 bits per heavy atom. The highest BCUT2D eigenvalue weighted by Gasteiger charge is 2.47. The van der Waals surface area contributed by atoms with Crippen molar-refractivity contribution in [1.82, 2.24) is 14.7 Å². The maximum absolute atomic E-state index is 12.4. The molecule has 1 N–H and O–H groups in total. The number of nitrogens with zero attached hydrogens (tertiary/aromatic N) is 3. The van der Waals surface area contributed by atoms with E-state index in [0.717, 1.165) is 4.90 Å². The smallest absolute Gasteiger partial charge is 0.308 e. The van der Waals surface area contributed by atoms with Gasteiger partial charge in [0.2, 0.25) is 11.8 Å². The summed E-state index contributed by atoms with van der Waals surface area (Å²) in [7, 11) is 0. The summed E-state index contributed by atoms with van der Waals surface area (Å²) in [5, 5.41) is 6.81. The molecule has 1 aromatic heterocycles. The highest BCUT2D eigenvalue weighted by atomic mass is 16.5. The van der Waals surface area contributed by atoms with Gasteiger partial charge in [-0.05, 0) is 33.6 Å². The Labute approximate surface area is 169 Å². The van der Waals surface area contributed by atoms with Crippen molar-refractivity contribution >= 4 is 29.5 Å². The first-order valence-corrected chi connectivity index (χ1v) is 9.83. The van der Waals surface area contributed by atoms with E-state index < -0.39 is 18.0 Å². The number of likely N-dealkylation sites (tertiary alicyclic amines) is 1. The molecule has 1 fully saturated rings. The quantitative estimate of drug-likeness (QED) is 0.422. The Kier molecular flexibility index (Phi) is 6.14. The molecule has 2 heterocycles. The molecule has 9 nitrogen and oxygen atoms in total. The van der Waals surface area contributed by atoms with Crippen LogP contribution >= 0.6 is 0 Å². The van der Waals surface area contributed by atoms with Gasteiger partial charge in [-0.3, -0.25) is 24.1 Å². The summed E-state index contributed by atoms with van der Waals surface area (Å²) in [6, 6.07) is 1.72. The van der Waals surface area contributed by atoms with E-state index in [1.165, 1.54) is 6.92 Å². The van der Waals surface area contributed by atoms with Gasteiger partial charge in [0.05, 0.1) is 24.5 Å². The van der Waals surface area contributed by atoms with Crippen LogP contribution in [0.25, 0.3) is 0 Å². The third-order valence-corrected chi connectivity index (χ3v) is 5.23. The molecule has 0 spiro atoms. The van der Waals surface area contributed by atoms with Crippen LogP contribution in [0, 0.1) is 11.8 Å². The second kappa shape index (κ2) is 8.59. The molecule has 9 heteroatoms. The lowest BCUT2D eigenvalue weighted by Crippen LogP contribution is -2.35. The highest BCUT2D eigenvalue weighted by Crippen LogP contribution is 2.35. The molecular formula is C20H26N4O5. The molecular weight excluding hydrogens is 376 g/mol. The number of hydrogen-bond donors (Lipinski definition) is 1. The van der Waals surface area contributed by atoms with Gasteiger partial charge in [-0.15, -0.1) is 0 Å². The van der Waals surface area contributed by atoms with E-state index in [1.54, 1.807) is 16.9 Å². The molecule has 1 aromatic rings. The van der Waals surface area contributed by atoms with E-state index in [2.05, 4.69) is 10.4 Å². The number of nitrogens with one attached hydrogen (secondary N) is 1. The number of fused-ring (bicyclic) bond motifs is 1. The fourth-order valence-corrected chi connectivity index (χ4v) is 3.65. The lowest BCUT2D eigenvalue weighted by atomic mass is 9.85. The fraction of sp³-hybridized carbons (Fsp3) is 0.550. The van der Waals surface area contributed by atoms with Crippen LogP contribution < -0.4 is 5.32 Å². The summed E-state index contributed by atoms with van der Waals surface area (Å²) in [4.78, 5) is 50.4. The normalized spacial score (nSPS) is 22.0. The molecule has 1 saturated heterocycles. The fourth-order valence-electron chi connectivity index (χ4n) is 3.65. The van der Waals surface area contributed by atoms with Crippen molar-refractivity contribution in [1.29, 1.82) is 0 Å². The van der Waals surface area contributed by atoms with Crippen molar-refractivity contribution in [3.63, 3.8) is 0 Å². The molecule has 3 unspecified atom stereocenters. The predicted molar refractivity (Wildman–Crippen MR) is 103 cm³/mol. The molecule has 0 aromatic carbocycles. The molecule has 0 bridgehead atoms. The van der Waals surface area contributed by atoms with E-state index in [0.29, 0.717) is 18.7 Å². The summed E-state index contributed by atoms with van der Waals surface area (Å²) in [5.41, 5.74) is 0. The lowest BCUT2D eigenvalue weighted by Gasteiger charge is -2.17. The van der Waals surface area contributed by atoms with Crippen LogP contribution in [0.4, 0.5) is 5.82 Å². The Morgan fingerprint density at radius 3 is 2.38 bits per heavy atom. The minimum Gasteiger partial charge on any atom is -0.452 e. The molecule has 3 atom stereocenters. The summed E-state index contributed by atoms with van der Waals surface area (Å²) in [6.07, 6.45) is 5.34. The maximum Gasteiger partial charge on any atom is 0.308 e. The molecule has 3 rings (SSSR count). The maximum atomic E-state index is 12.4.